The summed E-state index contributed by atoms with van der Waals surface area (Å²) in [5.41, 5.74) is 1.48. The van der Waals surface area contributed by atoms with Crippen LogP contribution in [0.5, 0.6) is 11.5 Å². The number of hydrogen-bond acceptors (Lipinski definition) is 3. The third kappa shape index (κ3) is 5.57. The minimum absolute atomic E-state index is 0.0137. The molecule has 0 radical (unpaired) electrons. The number of esters is 1. The lowest BCUT2D eigenvalue weighted by Gasteiger charge is -2.07. The van der Waals surface area contributed by atoms with Crippen LogP contribution in [-0.2, 0) is 6.42 Å². The van der Waals surface area contributed by atoms with Gasteiger partial charge in [-0.15, -0.1) is 0 Å². The molecular weight excluding hydrogens is 324 g/mol. The Morgan fingerprint density at radius 1 is 1.04 bits per heavy atom. The molecule has 0 aliphatic heterocycles. The Kier molecular flexibility index (Phi) is 7.13. The molecule has 2 rings (SSSR count). The van der Waals surface area contributed by atoms with E-state index in [1.165, 1.54) is 55.9 Å². The largest absolute Gasteiger partial charge is 0.508 e. The highest BCUT2D eigenvalue weighted by atomic mass is 35.5. The van der Waals surface area contributed by atoms with Gasteiger partial charge >= 0.3 is 5.97 Å². The molecule has 128 valence electrons. The number of halogens is 1. The number of aromatic hydroxyl groups is 1. The smallest absolute Gasteiger partial charge is 0.345 e. The Hall–Kier alpha value is -2.00. The lowest BCUT2D eigenvalue weighted by Crippen LogP contribution is -2.09. The van der Waals surface area contributed by atoms with Gasteiger partial charge in [0.2, 0.25) is 0 Å². The predicted octanol–water partition coefficient (Wildman–Crippen LogP) is 5.78. The highest BCUT2D eigenvalue weighted by molar-refractivity contribution is 6.33. The summed E-state index contributed by atoms with van der Waals surface area (Å²) < 4.78 is 5.33. The molecule has 0 amide bonds. The highest BCUT2D eigenvalue weighted by Crippen LogP contribution is 2.23. The van der Waals surface area contributed by atoms with E-state index in [9.17, 15) is 9.90 Å². The second-order valence-corrected chi connectivity index (χ2v) is 6.27. The van der Waals surface area contributed by atoms with Gasteiger partial charge in [0, 0.05) is 0 Å². The van der Waals surface area contributed by atoms with Gasteiger partial charge in [0.1, 0.15) is 11.5 Å². The van der Waals surface area contributed by atoms with Crippen LogP contribution in [0.15, 0.2) is 42.5 Å². The number of rotatable bonds is 8. The molecule has 0 aromatic heterocycles. The van der Waals surface area contributed by atoms with Crippen molar-refractivity contribution < 1.29 is 14.6 Å². The zero-order valence-corrected chi connectivity index (χ0v) is 14.7. The van der Waals surface area contributed by atoms with E-state index in [4.69, 9.17) is 16.3 Å². The third-order valence-electron chi connectivity index (χ3n) is 3.88. The summed E-state index contributed by atoms with van der Waals surface area (Å²) in [4.78, 5) is 12.1. The maximum absolute atomic E-state index is 12.1. The van der Waals surface area contributed by atoms with Crippen LogP contribution in [-0.4, -0.2) is 11.1 Å². The van der Waals surface area contributed by atoms with Gasteiger partial charge < -0.3 is 9.84 Å². The van der Waals surface area contributed by atoms with Gasteiger partial charge in [0.15, 0.2) is 0 Å². The number of phenolic OH excluding ortho intramolecular Hbond substituents is 1. The van der Waals surface area contributed by atoms with Gasteiger partial charge in [-0.25, -0.2) is 4.79 Å². The summed E-state index contributed by atoms with van der Waals surface area (Å²) in [7, 11) is 0. The summed E-state index contributed by atoms with van der Waals surface area (Å²) in [6, 6.07) is 11.7. The fourth-order valence-corrected chi connectivity index (χ4v) is 2.74. The van der Waals surface area contributed by atoms with E-state index in [1.54, 1.807) is 12.1 Å². The molecule has 2 aromatic carbocycles. The highest BCUT2D eigenvalue weighted by Gasteiger charge is 2.13. The van der Waals surface area contributed by atoms with E-state index in [-0.39, 0.29) is 16.3 Å². The molecule has 0 atom stereocenters. The van der Waals surface area contributed by atoms with Crippen molar-refractivity contribution in [1.82, 2.24) is 0 Å². The van der Waals surface area contributed by atoms with Crippen LogP contribution in [0, 0.1) is 0 Å². The number of carbonyl (C=O) groups is 1. The van der Waals surface area contributed by atoms with Gasteiger partial charge in [-0.3, -0.25) is 0 Å². The van der Waals surface area contributed by atoms with Crippen LogP contribution in [0.3, 0.4) is 0 Å². The Balaban J connectivity index is 1.88. The molecule has 24 heavy (non-hydrogen) atoms. The van der Waals surface area contributed by atoms with E-state index < -0.39 is 5.97 Å². The SMILES string of the molecule is CCCCCCCc1ccc(OC(=O)c2ccc(O)cc2Cl)cc1. The van der Waals surface area contributed by atoms with Crippen molar-refractivity contribution in [2.75, 3.05) is 0 Å². The number of carbonyl (C=O) groups excluding carboxylic acids is 1. The monoisotopic (exact) mass is 346 g/mol. The van der Waals surface area contributed by atoms with Gasteiger partial charge in [0.25, 0.3) is 0 Å². The van der Waals surface area contributed by atoms with E-state index in [2.05, 4.69) is 6.92 Å². The molecule has 0 heterocycles. The van der Waals surface area contributed by atoms with Crippen LogP contribution in [0.1, 0.15) is 54.9 Å². The molecule has 1 N–H and O–H groups in total. The first-order valence-corrected chi connectivity index (χ1v) is 8.77. The van der Waals surface area contributed by atoms with Gasteiger partial charge in [-0.05, 0) is 48.7 Å². The van der Waals surface area contributed by atoms with E-state index in [1.807, 2.05) is 12.1 Å². The molecule has 4 heteroatoms. The number of benzene rings is 2. The topological polar surface area (TPSA) is 46.5 Å². The summed E-state index contributed by atoms with van der Waals surface area (Å²) in [6.07, 6.45) is 7.33. The number of aryl methyl sites for hydroxylation is 1. The lowest BCUT2D eigenvalue weighted by atomic mass is 10.1. The number of unbranched alkanes of at least 4 members (excludes halogenated alkanes) is 4. The summed E-state index contributed by atoms with van der Waals surface area (Å²) in [6.45, 7) is 2.21. The summed E-state index contributed by atoms with van der Waals surface area (Å²) >= 11 is 5.95. The van der Waals surface area contributed by atoms with Gasteiger partial charge in [-0.2, -0.15) is 0 Å². The maximum atomic E-state index is 12.1. The van der Waals surface area contributed by atoms with Crippen molar-refractivity contribution in [3.8, 4) is 11.5 Å². The Bertz CT molecular complexity index is 665. The first kappa shape index (κ1) is 18.3. The van der Waals surface area contributed by atoms with Crippen LogP contribution in [0.25, 0.3) is 0 Å². The normalized spacial score (nSPS) is 10.6. The molecule has 3 nitrogen and oxygen atoms in total. The molecule has 0 fully saturated rings. The van der Waals surface area contributed by atoms with Crippen molar-refractivity contribution >= 4 is 17.6 Å². The fourth-order valence-electron chi connectivity index (χ4n) is 2.49. The van der Waals surface area contributed by atoms with Gasteiger partial charge in [0.05, 0.1) is 10.6 Å². The van der Waals surface area contributed by atoms with Crippen molar-refractivity contribution in [3.05, 3.63) is 58.6 Å². The number of hydrogen-bond donors (Lipinski definition) is 1. The van der Waals surface area contributed by atoms with Crippen molar-refractivity contribution in [1.29, 1.82) is 0 Å². The predicted molar refractivity (Wildman–Crippen MR) is 97.0 cm³/mol. The van der Waals surface area contributed by atoms with E-state index in [0.29, 0.717) is 5.75 Å². The summed E-state index contributed by atoms with van der Waals surface area (Å²) in [5, 5.41) is 9.49. The molecule has 0 aliphatic rings. The molecule has 0 unspecified atom stereocenters. The molecule has 2 aromatic rings. The fraction of sp³-hybridized carbons (Fsp3) is 0.350. The average molecular weight is 347 g/mol. The minimum atomic E-state index is -0.535. The van der Waals surface area contributed by atoms with Crippen LogP contribution in [0.4, 0.5) is 0 Å². The molecule has 0 aliphatic carbocycles. The molecule has 0 saturated carbocycles. The van der Waals surface area contributed by atoms with Crippen molar-refractivity contribution in [2.24, 2.45) is 0 Å². The number of ether oxygens (including phenoxy) is 1. The van der Waals surface area contributed by atoms with Crippen LogP contribution < -0.4 is 4.74 Å². The second kappa shape index (κ2) is 9.33. The van der Waals surface area contributed by atoms with E-state index in [0.717, 1.165) is 6.42 Å². The zero-order valence-electron chi connectivity index (χ0n) is 13.9. The van der Waals surface area contributed by atoms with Crippen molar-refractivity contribution in [3.63, 3.8) is 0 Å². The van der Waals surface area contributed by atoms with Crippen LogP contribution >= 0.6 is 11.6 Å². The summed E-state index contributed by atoms with van der Waals surface area (Å²) in [5.74, 6) is -0.0361. The Morgan fingerprint density at radius 3 is 2.42 bits per heavy atom. The second-order valence-electron chi connectivity index (χ2n) is 5.86. The first-order valence-electron chi connectivity index (χ1n) is 8.40. The maximum Gasteiger partial charge on any atom is 0.345 e. The minimum Gasteiger partial charge on any atom is -0.508 e. The third-order valence-corrected chi connectivity index (χ3v) is 4.19. The van der Waals surface area contributed by atoms with E-state index >= 15 is 0 Å². The average Bonchev–Trinajstić information content (AvgIpc) is 2.56. The molecule has 0 saturated heterocycles. The van der Waals surface area contributed by atoms with Gasteiger partial charge in [-0.1, -0.05) is 56.3 Å². The molecular formula is C20H23ClO3. The quantitative estimate of drug-likeness (QED) is 0.374. The first-order chi connectivity index (χ1) is 11.6. The molecule has 0 bridgehead atoms. The zero-order chi connectivity index (χ0) is 17.4. The number of phenols is 1. The van der Waals surface area contributed by atoms with Crippen LogP contribution in [0.2, 0.25) is 5.02 Å². The lowest BCUT2D eigenvalue weighted by molar-refractivity contribution is 0.0735. The Labute approximate surface area is 148 Å². The molecule has 0 spiro atoms. The standard InChI is InChI=1S/C20H23ClO3/c1-2-3-4-5-6-7-15-8-11-17(12-9-15)24-20(23)18-13-10-16(22)14-19(18)21/h8-14,22H,2-7H2,1H3. The Morgan fingerprint density at radius 2 is 1.75 bits per heavy atom. The van der Waals surface area contributed by atoms with Crippen molar-refractivity contribution in [2.45, 2.75) is 45.4 Å².